The highest BCUT2D eigenvalue weighted by Gasteiger charge is 2.11. The Bertz CT molecular complexity index is 607. The van der Waals surface area contributed by atoms with Crippen molar-refractivity contribution in [1.82, 2.24) is 15.2 Å². The molecule has 2 aromatic rings. The maximum Gasteiger partial charge on any atom is 0.407 e. The van der Waals surface area contributed by atoms with Gasteiger partial charge in [0.2, 0.25) is 0 Å². The van der Waals surface area contributed by atoms with Crippen LogP contribution in [0.15, 0.2) is 54.9 Å². The average molecular weight is 329 g/mol. The van der Waals surface area contributed by atoms with E-state index in [4.69, 9.17) is 4.74 Å². The van der Waals surface area contributed by atoms with E-state index in [1.165, 1.54) is 0 Å². The number of hydrogen-bond acceptors (Lipinski definition) is 5. The normalized spacial score (nSPS) is 12.0. The fourth-order valence-electron chi connectivity index (χ4n) is 2.26. The van der Waals surface area contributed by atoms with Crippen molar-refractivity contribution in [2.24, 2.45) is 0 Å². The Morgan fingerprint density at radius 2 is 1.92 bits per heavy atom. The summed E-state index contributed by atoms with van der Waals surface area (Å²) in [5.74, 6) is 0. The van der Waals surface area contributed by atoms with Gasteiger partial charge in [-0.25, -0.2) is 4.79 Å². The number of alkyl carbamates (subject to hydrolysis) is 1. The number of carbonyl (C=O) groups is 1. The van der Waals surface area contributed by atoms with Crippen molar-refractivity contribution in [1.29, 1.82) is 0 Å². The third-order valence-corrected chi connectivity index (χ3v) is 3.42. The molecule has 128 valence electrons. The topological polar surface area (TPSA) is 74.7 Å². The molecular weight excluding hydrogens is 306 g/mol. The van der Waals surface area contributed by atoms with E-state index in [9.17, 15) is 9.90 Å². The number of benzene rings is 1. The van der Waals surface area contributed by atoms with Gasteiger partial charge in [-0.05, 0) is 30.3 Å². The molecule has 0 saturated carbocycles. The number of aromatic nitrogens is 1. The third-order valence-electron chi connectivity index (χ3n) is 3.42. The standard InChI is InChI=1S/C18H23N3O3/c1-21(12-15-7-9-19-10-8-15)13-17(22)11-20-18(23)24-14-16-5-3-2-4-6-16/h2-10,17,22H,11-14H2,1H3,(H,20,23). The maximum atomic E-state index is 11.6. The fourth-order valence-corrected chi connectivity index (χ4v) is 2.26. The number of rotatable bonds is 8. The van der Waals surface area contributed by atoms with Gasteiger partial charge in [0.25, 0.3) is 0 Å². The van der Waals surface area contributed by atoms with E-state index in [-0.39, 0.29) is 13.2 Å². The van der Waals surface area contributed by atoms with Gasteiger partial charge in [0.05, 0.1) is 6.10 Å². The number of nitrogens with one attached hydrogen (secondary N) is 1. The number of aliphatic hydroxyl groups excluding tert-OH is 1. The van der Waals surface area contributed by atoms with Gasteiger partial charge in [-0.1, -0.05) is 30.3 Å². The first-order valence-electron chi connectivity index (χ1n) is 7.83. The van der Waals surface area contributed by atoms with Crippen molar-refractivity contribution in [3.05, 3.63) is 66.0 Å². The summed E-state index contributed by atoms with van der Waals surface area (Å²) in [5, 5.41) is 12.6. The van der Waals surface area contributed by atoms with Crippen molar-refractivity contribution in [2.75, 3.05) is 20.1 Å². The predicted molar refractivity (Wildman–Crippen MR) is 91.2 cm³/mol. The molecule has 1 heterocycles. The zero-order valence-electron chi connectivity index (χ0n) is 13.8. The molecule has 0 aliphatic carbocycles. The molecule has 2 N–H and O–H groups in total. The van der Waals surface area contributed by atoms with E-state index in [1.807, 2.05) is 54.4 Å². The van der Waals surface area contributed by atoms with Gasteiger partial charge in [-0.15, -0.1) is 0 Å². The smallest absolute Gasteiger partial charge is 0.407 e. The van der Waals surface area contributed by atoms with E-state index in [0.717, 1.165) is 11.1 Å². The number of amides is 1. The molecule has 0 aliphatic rings. The Morgan fingerprint density at radius 3 is 2.62 bits per heavy atom. The molecule has 1 aromatic carbocycles. The number of nitrogens with zero attached hydrogens (tertiary/aromatic N) is 2. The van der Waals surface area contributed by atoms with E-state index < -0.39 is 12.2 Å². The Balaban J connectivity index is 1.63. The van der Waals surface area contributed by atoms with Gasteiger partial charge in [0.1, 0.15) is 6.61 Å². The Hall–Kier alpha value is -2.44. The number of aliphatic hydroxyl groups is 1. The lowest BCUT2D eigenvalue weighted by Crippen LogP contribution is -2.38. The molecule has 0 spiro atoms. The van der Waals surface area contributed by atoms with E-state index >= 15 is 0 Å². The lowest BCUT2D eigenvalue weighted by molar-refractivity contribution is 0.106. The molecule has 0 aliphatic heterocycles. The van der Waals surface area contributed by atoms with Crippen LogP contribution in [0.5, 0.6) is 0 Å². The monoisotopic (exact) mass is 329 g/mol. The van der Waals surface area contributed by atoms with Crippen molar-refractivity contribution < 1.29 is 14.6 Å². The van der Waals surface area contributed by atoms with Gasteiger partial charge in [-0.3, -0.25) is 9.88 Å². The van der Waals surface area contributed by atoms with Crippen LogP contribution in [-0.2, 0) is 17.9 Å². The minimum absolute atomic E-state index is 0.147. The molecule has 1 atom stereocenters. The molecule has 6 heteroatoms. The second-order valence-corrected chi connectivity index (χ2v) is 5.65. The number of pyridine rings is 1. The largest absolute Gasteiger partial charge is 0.445 e. The highest BCUT2D eigenvalue weighted by molar-refractivity contribution is 5.67. The summed E-state index contributed by atoms with van der Waals surface area (Å²) in [5.41, 5.74) is 2.04. The molecule has 0 fully saturated rings. The molecular formula is C18H23N3O3. The van der Waals surface area contributed by atoms with Gasteiger partial charge in [0.15, 0.2) is 0 Å². The lowest BCUT2D eigenvalue weighted by Gasteiger charge is -2.20. The molecule has 0 bridgehead atoms. The van der Waals surface area contributed by atoms with Crippen LogP contribution in [0.2, 0.25) is 0 Å². The summed E-state index contributed by atoms with van der Waals surface area (Å²) < 4.78 is 5.10. The Labute approximate surface area is 142 Å². The van der Waals surface area contributed by atoms with E-state index in [2.05, 4.69) is 10.3 Å². The van der Waals surface area contributed by atoms with Crippen molar-refractivity contribution in [3.63, 3.8) is 0 Å². The minimum Gasteiger partial charge on any atom is -0.445 e. The van der Waals surface area contributed by atoms with E-state index in [1.54, 1.807) is 12.4 Å². The Morgan fingerprint density at radius 1 is 1.21 bits per heavy atom. The SMILES string of the molecule is CN(Cc1ccncc1)CC(O)CNC(=O)OCc1ccccc1. The number of carbonyl (C=O) groups excluding carboxylic acids is 1. The lowest BCUT2D eigenvalue weighted by atomic mass is 10.2. The van der Waals surface area contributed by atoms with Crippen LogP contribution in [0.25, 0.3) is 0 Å². The third kappa shape index (κ3) is 6.76. The van der Waals surface area contributed by atoms with Crippen molar-refractivity contribution in [3.8, 4) is 0 Å². The minimum atomic E-state index is -0.666. The maximum absolute atomic E-state index is 11.6. The molecule has 1 amide bonds. The molecule has 0 saturated heterocycles. The van der Waals surface area contributed by atoms with Crippen LogP contribution < -0.4 is 5.32 Å². The predicted octanol–water partition coefficient (Wildman–Crippen LogP) is 1.80. The average Bonchev–Trinajstić information content (AvgIpc) is 2.60. The number of hydrogen-bond donors (Lipinski definition) is 2. The second-order valence-electron chi connectivity index (χ2n) is 5.65. The highest BCUT2D eigenvalue weighted by Crippen LogP contribution is 2.02. The first-order valence-corrected chi connectivity index (χ1v) is 7.83. The van der Waals surface area contributed by atoms with Gasteiger partial charge < -0.3 is 15.2 Å². The van der Waals surface area contributed by atoms with E-state index in [0.29, 0.717) is 13.1 Å². The second kappa shape index (κ2) is 9.64. The van der Waals surface area contributed by atoms with Gasteiger partial charge >= 0.3 is 6.09 Å². The van der Waals surface area contributed by atoms with Crippen LogP contribution in [0, 0.1) is 0 Å². The van der Waals surface area contributed by atoms with Crippen LogP contribution in [-0.4, -0.2) is 47.3 Å². The zero-order chi connectivity index (χ0) is 17.2. The molecule has 6 nitrogen and oxygen atoms in total. The Kier molecular flexibility index (Phi) is 7.20. The fraction of sp³-hybridized carbons (Fsp3) is 0.333. The van der Waals surface area contributed by atoms with Crippen molar-refractivity contribution >= 4 is 6.09 Å². The molecule has 1 aromatic heterocycles. The van der Waals surface area contributed by atoms with Crippen LogP contribution >= 0.6 is 0 Å². The quantitative estimate of drug-likeness (QED) is 0.772. The zero-order valence-corrected chi connectivity index (χ0v) is 13.8. The summed E-state index contributed by atoms with van der Waals surface area (Å²) in [6, 6.07) is 13.3. The summed E-state index contributed by atoms with van der Waals surface area (Å²) in [7, 11) is 1.91. The molecule has 2 rings (SSSR count). The number of likely N-dealkylation sites (N-methyl/N-ethyl adjacent to an activating group) is 1. The molecule has 0 radical (unpaired) electrons. The van der Waals surface area contributed by atoms with Crippen LogP contribution in [0.1, 0.15) is 11.1 Å². The van der Waals surface area contributed by atoms with Crippen molar-refractivity contribution in [2.45, 2.75) is 19.3 Å². The summed E-state index contributed by atoms with van der Waals surface area (Å²) in [4.78, 5) is 17.6. The highest BCUT2D eigenvalue weighted by atomic mass is 16.5. The summed E-state index contributed by atoms with van der Waals surface area (Å²) >= 11 is 0. The summed E-state index contributed by atoms with van der Waals surface area (Å²) in [6.45, 7) is 1.51. The van der Waals surface area contributed by atoms with Crippen LogP contribution in [0.3, 0.4) is 0 Å². The molecule has 1 unspecified atom stereocenters. The summed E-state index contributed by atoms with van der Waals surface area (Å²) in [6.07, 6.45) is 2.28. The number of ether oxygens (including phenoxy) is 1. The molecule has 24 heavy (non-hydrogen) atoms. The first kappa shape index (κ1) is 17.9. The first-order chi connectivity index (χ1) is 11.6. The van der Waals surface area contributed by atoms with Gasteiger partial charge in [0, 0.05) is 32.0 Å². The van der Waals surface area contributed by atoms with Crippen LogP contribution in [0.4, 0.5) is 4.79 Å². The van der Waals surface area contributed by atoms with Gasteiger partial charge in [-0.2, -0.15) is 0 Å².